The van der Waals surface area contributed by atoms with Crippen LogP contribution in [0.5, 0.6) is 0 Å². The Hall–Kier alpha value is -1.96. The summed E-state index contributed by atoms with van der Waals surface area (Å²) in [7, 11) is 0. The SMILES string of the molecule is CCCCCc1c(N)cc(C#N)n1CC(=O)N1CCCC1. The van der Waals surface area contributed by atoms with E-state index in [4.69, 9.17) is 5.73 Å². The first-order valence-electron chi connectivity index (χ1n) is 7.83. The third kappa shape index (κ3) is 3.57. The number of nitriles is 1. The zero-order chi connectivity index (χ0) is 15.2. The molecule has 1 aliphatic rings. The van der Waals surface area contributed by atoms with Crippen LogP contribution in [0.4, 0.5) is 5.69 Å². The fraction of sp³-hybridized carbons (Fsp3) is 0.625. The van der Waals surface area contributed by atoms with Gasteiger partial charge in [-0.3, -0.25) is 4.79 Å². The molecule has 1 aliphatic heterocycles. The van der Waals surface area contributed by atoms with Gasteiger partial charge in [-0.05, 0) is 31.7 Å². The van der Waals surface area contributed by atoms with Crippen LogP contribution in [0.15, 0.2) is 6.07 Å². The van der Waals surface area contributed by atoms with Crippen LogP contribution < -0.4 is 5.73 Å². The smallest absolute Gasteiger partial charge is 0.242 e. The van der Waals surface area contributed by atoms with Crippen molar-refractivity contribution in [3.63, 3.8) is 0 Å². The molecular weight excluding hydrogens is 264 g/mol. The van der Waals surface area contributed by atoms with Gasteiger partial charge in [0.05, 0.1) is 5.69 Å². The highest BCUT2D eigenvalue weighted by Crippen LogP contribution is 2.21. The summed E-state index contributed by atoms with van der Waals surface area (Å²) in [6.07, 6.45) is 6.29. The van der Waals surface area contributed by atoms with Crippen molar-refractivity contribution in [2.75, 3.05) is 18.8 Å². The van der Waals surface area contributed by atoms with E-state index in [0.29, 0.717) is 11.4 Å². The van der Waals surface area contributed by atoms with Gasteiger partial charge in [0.1, 0.15) is 18.3 Å². The highest BCUT2D eigenvalue weighted by Gasteiger charge is 2.21. The Bertz CT molecular complexity index is 535. The molecule has 1 saturated heterocycles. The number of likely N-dealkylation sites (tertiary alicyclic amines) is 1. The van der Waals surface area contributed by atoms with Gasteiger partial charge in [-0.15, -0.1) is 0 Å². The maximum Gasteiger partial charge on any atom is 0.242 e. The Kier molecular flexibility index (Phi) is 5.26. The number of nitrogens with two attached hydrogens (primary N) is 1. The quantitative estimate of drug-likeness (QED) is 0.816. The van der Waals surface area contributed by atoms with Gasteiger partial charge in [0.25, 0.3) is 0 Å². The number of nitrogen functional groups attached to an aromatic ring is 1. The molecule has 0 saturated carbocycles. The molecule has 2 N–H and O–H groups in total. The maximum atomic E-state index is 12.3. The molecule has 2 rings (SSSR count). The van der Waals surface area contributed by atoms with Crippen LogP contribution in [0.3, 0.4) is 0 Å². The third-order valence-electron chi connectivity index (χ3n) is 4.13. The van der Waals surface area contributed by atoms with E-state index in [0.717, 1.165) is 57.3 Å². The lowest BCUT2D eigenvalue weighted by atomic mass is 10.1. The van der Waals surface area contributed by atoms with Crippen LogP contribution in [-0.4, -0.2) is 28.5 Å². The summed E-state index contributed by atoms with van der Waals surface area (Å²) in [4.78, 5) is 14.2. The molecule has 0 atom stereocenters. The number of aromatic nitrogens is 1. The lowest BCUT2D eigenvalue weighted by Crippen LogP contribution is -2.31. The van der Waals surface area contributed by atoms with Gasteiger partial charge in [-0.1, -0.05) is 19.8 Å². The summed E-state index contributed by atoms with van der Waals surface area (Å²) in [5.41, 5.74) is 8.10. The Labute approximate surface area is 126 Å². The van der Waals surface area contributed by atoms with Crippen molar-refractivity contribution in [1.82, 2.24) is 9.47 Å². The Morgan fingerprint density at radius 3 is 2.71 bits per heavy atom. The highest BCUT2D eigenvalue weighted by molar-refractivity contribution is 5.77. The van der Waals surface area contributed by atoms with E-state index in [2.05, 4.69) is 13.0 Å². The van der Waals surface area contributed by atoms with E-state index in [1.54, 1.807) is 6.07 Å². The largest absolute Gasteiger partial charge is 0.397 e. The molecule has 2 heterocycles. The predicted octanol–water partition coefficient (Wildman–Crippen LogP) is 2.30. The average molecular weight is 288 g/mol. The zero-order valence-corrected chi connectivity index (χ0v) is 12.8. The van der Waals surface area contributed by atoms with Crippen molar-refractivity contribution in [2.24, 2.45) is 0 Å². The van der Waals surface area contributed by atoms with Crippen molar-refractivity contribution in [1.29, 1.82) is 5.26 Å². The number of carbonyl (C=O) groups excluding carboxylic acids is 1. The fourth-order valence-electron chi connectivity index (χ4n) is 2.91. The number of rotatable bonds is 6. The average Bonchev–Trinajstić information content (AvgIpc) is 3.09. The third-order valence-corrected chi connectivity index (χ3v) is 4.13. The van der Waals surface area contributed by atoms with Crippen molar-refractivity contribution in [2.45, 2.75) is 52.0 Å². The standard InChI is InChI=1S/C16H24N4O/c1-2-3-4-7-15-14(18)10-13(11-17)20(15)12-16(21)19-8-5-6-9-19/h10H,2-9,12,18H2,1H3. The molecule has 21 heavy (non-hydrogen) atoms. The summed E-state index contributed by atoms with van der Waals surface area (Å²) in [5, 5.41) is 9.25. The molecule has 0 radical (unpaired) electrons. The first-order valence-corrected chi connectivity index (χ1v) is 7.83. The van der Waals surface area contributed by atoms with Gasteiger partial charge >= 0.3 is 0 Å². The second kappa shape index (κ2) is 7.16. The van der Waals surface area contributed by atoms with Crippen LogP contribution in [0.1, 0.15) is 50.4 Å². The molecular formula is C16H24N4O. The Morgan fingerprint density at radius 1 is 1.38 bits per heavy atom. The van der Waals surface area contributed by atoms with Crippen molar-refractivity contribution >= 4 is 11.6 Å². The van der Waals surface area contributed by atoms with E-state index in [-0.39, 0.29) is 12.5 Å². The molecule has 0 aromatic carbocycles. The summed E-state index contributed by atoms with van der Waals surface area (Å²) in [6.45, 7) is 4.06. The molecule has 1 amide bonds. The maximum absolute atomic E-state index is 12.3. The van der Waals surface area contributed by atoms with E-state index in [1.165, 1.54) is 0 Å². The number of nitrogens with zero attached hydrogens (tertiary/aromatic N) is 3. The van der Waals surface area contributed by atoms with Crippen molar-refractivity contribution < 1.29 is 4.79 Å². The van der Waals surface area contributed by atoms with Gasteiger partial charge in [0.2, 0.25) is 5.91 Å². The molecule has 0 unspecified atom stereocenters. The van der Waals surface area contributed by atoms with Gasteiger partial charge in [-0.2, -0.15) is 5.26 Å². The molecule has 0 spiro atoms. The first-order chi connectivity index (χ1) is 10.2. The van der Waals surface area contributed by atoms with Gasteiger partial charge in [-0.25, -0.2) is 0 Å². The normalized spacial score (nSPS) is 14.4. The lowest BCUT2D eigenvalue weighted by molar-refractivity contribution is -0.130. The highest BCUT2D eigenvalue weighted by atomic mass is 16.2. The number of hydrogen-bond donors (Lipinski definition) is 1. The van der Waals surface area contributed by atoms with E-state index in [1.807, 2.05) is 9.47 Å². The van der Waals surface area contributed by atoms with Crippen molar-refractivity contribution in [3.05, 3.63) is 17.5 Å². The van der Waals surface area contributed by atoms with Crippen LogP contribution >= 0.6 is 0 Å². The Balaban J connectivity index is 2.15. The number of amides is 1. The minimum Gasteiger partial charge on any atom is -0.397 e. The number of anilines is 1. The van der Waals surface area contributed by atoms with Gasteiger partial charge < -0.3 is 15.2 Å². The molecule has 1 aromatic heterocycles. The minimum atomic E-state index is 0.0938. The monoisotopic (exact) mass is 288 g/mol. The molecule has 0 aliphatic carbocycles. The molecule has 1 aromatic rings. The fourth-order valence-corrected chi connectivity index (χ4v) is 2.91. The van der Waals surface area contributed by atoms with E-state index < -0.39 is 0 Å². The summed E-state index contributed by atoms with van der Waals surface area (Å²) < 4.78 is 1.81. The lowest BCUT2D eigenvalue weighted by Gasteiger charge is -2.17. The molecule has 5 nitrogen and oxygen atoms in total. The predicted molar refractivity (Wildman–Crippen MR) is 82.6 cm³/mol. The van der Waals surface area contributed by atoms with Crippen LogP contribution in [0.2, 0.25) is 0 Å². The van der Waals surface area contributed by atoms with Gasteiger partial charge in [0.15, 0.2) is 0 Å². The topological polar surface area (TPSA) is 75.0 Å². The Morgan fingerprint density at radius 2 is 2.10 bits per heavy atom. The summed E-state index contributed by atoms with van der Waals surface area (Å²) >= 11 is 0. The summed E-state index contributed by atoms with van der Waals surface area (Å²) in [6, 6.07) is 3.85. The second-order valence-electron chi connectivity index (χ2n) is 5.67. The molecule has 5 heteroatoms. The zero-order valence-electron chi connectivity index (χ0n) is 12.8. The molecule has 114 valence electrons. The minimum absolute atomic E-state index is 0.0938. The number of hydrogen-bond acceptors (Lipinski definition) is 3. The second-order valence-corrected chi connectivity index (χ2v) is 5.67. The van der Waals surface area contributed by atoms with Crippen molar-refractivity contribution in [3.8, 4) is 6.07 Å². The van der Waals surface area contributed by atoms with Crippen LogP contribution in [0.25, 0.3) is 0 Å². The van der Waals surface area contributed by atoms with Gasteiger partial charge in [0, 0.05) is 18.8 Å². The number of carbonyl (C=O) groups is 1. The molecule has 1 fully saturated rings. The van der Waals surface area contributed by atoms with Crippen LogP contribution in [0, 0.1) is 11.3 Å². The number of unbranched alkanes of at least 4 members (excludes halogenated alkanes) is 2. The molecule has 0 bridgehead atoms. The summed E-state index contributed by atoms with van der Waals surface area (Å²) in [5.74, 6) is 0.0938. The van der Waals surface area contributed by atoms with E-state index >= 15 is 0 Å². The van der Waals surface area contributed by atoms with Crippen LogP contribution in [-0.2, 0) is 17.8 Å². The van der Waals surface area contributed by atoms with E-state index in [9.17, 15) is 10.1 Å². The first kappa shape index (κ1) is 15.4.